The van der Waals surface area contributed by atoms with E-state index < -0.39 is 13.2 Å². The summed E-state index contributed by atoms with van der Waals surface area (Å²) in [5.41, 5.74) is -0.162. The maximum atomic E-state index is 9.41. The Morgan fingerprint density at radius 2 is 1.65 bits per heavy atom. The van der Waals surface area contributed by atoms with Crippen molar-refractivity contribution >= 4 is 12.8 Å². The average molecular weight is 238 g/mol. The minimum Gasteiger partial charge on any atom is -0.467 e. The van der Waals surface area contributed by atoms with Crippen molar-refractivity contribution in [3.63, 3.8) is 0 Å². The molecule has 17 heavy (non-hydrogen) atoms. The van der Waals surface area contributed by atoms with Crippen LogP contribution in [0.4, 0.5) is 0 Å². The molecule has 4 nitrogen and oxygen atoms in total. The van der Waals surface area contributed by atoms with Gasteiger partial charge in [0, 0.05) is 0 Å². The van der Waals surface area contributed by atoms with Gasteiger partial charge in [0.25, 0.3) is 0 Å². The highest BCUT2D eigenvalue weighted by atomic mass is 16.7. The summed E-state index contributed by atoms with van der Waals surface area (Å²) in [5.74, 6) is 0.523. The largest absolute Gasteiger partial charge is 0.532 e. The molecule has 0 aromatic carbocycles. The number of hydrogen-bond donors (Lipinski definition) is 1. The first-order valence-corrected chi connectivity index (χ1v) is 5.86. The Kier molecular flexibility index (Phi) is 2.88. The van der Waals surface area contributed by atoms with E-state index in [0.29, 0.717) is 11.4 Å². The molecule has 1 aliphatic heterocycles. The van der Waals surface area contributed by atoms with Gasteiger partial charge in [-0.25, -0.2) is 0 Å². The predicted molar refractivity (Wildman–Crippen MR) is 65.1 cm³/mol. The van der Waals surface area contributed by atoms with Gasteiger partial charge in [-0.3, -0.25) is 0 Å². The molecule has 1 aliphatic rings. The van der Waals surface area contributed by atoms with Crippen LogP contribution in [-0.4, -0.2) is 23.4 Å². The minimum atomic E-state index is -0.619. The Morgan fingerprint density at radius 1 is 1.12 bits per heavy atom. The summed E-state index contributed by atoms with van der Waals surface area (Å²) in [6.07, 6.45) is -0.619. The van der Waals surface area contributed by atoms with Gasteiger partial charge in [0.1, 0.15) is 17.5 Å². The first-order valence-electron chi connectivity index (χ1n) is 5.86. The molecule has 0 bridgehead atoms. The van der Waals surface area contributed by atoms with Crippen molar-refractivity contribution in [2.45, 2.75) is 51.9 Å². The van der Waals surface area contributed by atoms with E-state index >= 15 is 0 Å². The van der Waals surface area contributed by atoms with Crippen LogP contribution in [0.2, 0.25) is 0 Å². The zero-order chi connectivity index (χ0) is 12.8. The van der Waals surface area contributed by atoms with Crippen LogP contribution in [0.1, 0.15) is 46.5 Å². The summed E-state index contributed by atoms with van der Waals surface area (Å²) < 4.78 is 17.2. The summed E-state index contributed by atoms with van der Waals surface area (Å²) in [5, 5.41) is 9.41. The Bertz CT molecular complexity index is 392. The van der Waals surface area contributed by atoms with Crippen LogP contribution >= 0.6 is 0 Å². The smallest absolute Gasteiger partial charge is 0.467 e. The Morgan fingerprint density at radius 3 is 2.06 bits per heavy atom. The number of furan rings is 1. The topological polar surface area (TPSA) is 51.8 Å². The number of aliphatic hydroxyl groups excluding tert-OH is 1. The van der Waals surface area contributed by atoms with Crippen molar-refractivity contribution in [3.8, 4) is 0 Å². The second-order valence-corrected chi connectivity index (χ2v) is 5.50. The zero-order valence-corrected chi connectivity index (χ0v) is 11.0. The van der Waals surface area contributed by atoms with Crippen LogP contribution in [0.25, 0.3) is 0 Å². The quantitative estimate of drug-likeness (QED) is 0.795. The van der Waals surface area contributed by atoms with E-state index in [9.17, 15) is 5.11 Å². The van der Waals surface area contributed by atoms with Crippen LogP contribution < -0.4 is 5.66 Å². The van der Waals surface area contributed by atoms with E-state index in [1.54, 1.807) is 19.1 Å². The summed E-state index contributed by atoms with van der Waals surface area (Å²) in [4.78, 5) is 0. The van der Waals surface area contributed by atoms with Gasteiger partial charge in [-0.1, -0.05) is 0 Å². The third kappa shape index (κ3) is 2.15. The van der Waals surface area contributed by atoms with E-state index in [2.05, 4.69) is 0 Å². The van der Waals surface area contributed by atoms with Crippen molar-refractivity contribution in [1.29, 1.82) is 0 Å². The molecule has 1 aromatic heterocycles. The Balaban J connectivity index is 2.20. The Labute approximate surface area is 102 Å². The third-order valence-corrected chi connectivity index (χ3v) is 3.54. The maximum absolute atomic E-state index is 9.41. The molecule has 0 spiro atoms. The molecule has 1 atom stereocenters. The summed E-state index contributed by atoms with van der Waals surface area (Å²) in [6.45, 7) is 9.63. The molecular weight excluding hydrogens is 219 g/mol. The monoisotopic (exact) mass is 238 g/mol. The molecule has 1 saturated heterocycles. The van der Waals surface area contributed by atoms with E-state index in [1.165, 1.54) is 0 Å². The predicted octanol–water partition coefficient (Wildman–Crippen LogP) is 1.63. The summed E-state index contributed by atoms with van der Waals surface area (Å²) >= 11 is 0. The maximum Gasteiger partial charge on any atom is 0.532 e. The first-order chi connectivity index (χ1) is 7.73. The molecule has 2 rings (SSSR count). The van der Waals surface area contributed by atoms with Crippen LogP contribution in [0.3, 0.4) is 0 Å². The first kappa shape index (κ1) is 12.7. The second kappa shape index (κ2) is 3.87. The van der Waals surface area contributed by atoms with Gasteiger partial charge >= 0.3 is 7.12 Å². The highest BCUT2D eigenvalue weighted by molar-refractivity contribution is 6.60. The lowest BCUT2D eigenvalue weighted by molar-refractivity contribution is 0.00578. The normalized spacial score (nSPS) is 24.0. The van der Waals surface area contributed by atoms with Gasteiger partial charge in [-0.05, 0) is 46.8 Å². The molecule has 2 heterocycles. The number of aliphatic hydroxyl groups is 1. The molecule has 0 radical (unpaired) electrons. The lowest BCUT2D eigenvalue weighted by Gasteiger charge is -2.32. The van der Waals surface area contributed by atoms with E-state index in [0.717, 1.165) is 0 Å². The molecule has 0 amide bonds. The SMILES string of the molecule is C[C@H](O)c1ccc(B2OC(C)(C)C(C)(C)O2)o1. The zero-order valence-electron chi connectivity index (χ0n) is 11.0. The molecule has 0 saturated carbocycles. The third-order valence-electron chi connectivity index (χ3n) is 3.54. The minimum absolute atomic E-state index is 0.380. The van der Waals surface area contributed by atoms with Crippen molar-refractivity contribution in [2.75, 3.05) is 0 Å². The van der Waals surface area contributed by atoms with Crippen LogP contribution in [0.5, 0.6) is 0 Å². The van der Waals surface area contributed by atoms with Gasteiger partial charge in [-0.15, -0.1) is 0 Å². The number of rotatable bonds is 2. The molecule has 94 valence electrons. The lowest BCUT2D eigenvalue weighted by Crippen LogP contribution is -2.41. The molecule has 1 N–H and O–H groups in total. The molecular formula is C12H19BO4. The highest BCUT2D eigenvalue weighted by Crippen LogP contribution is 2.36. The van der Waals surface area contributed by atoms with Crippen LogP contribution in [0, 0.1) is 0 Å². The van der Waals surface area contributed by atoms with Crippen molar-refractivity contribution < 1.29 is 18.8 Å². The van der Waals surface area contributed by atoms with Gasteiger partial charge in [0.2, 0.25) is 0 Å². The number of hydrogen-bond acceptors (Lipinski definition) is 4. The van der Waals surface area contributed by atoms with Crippen molar-refractivity contribution in [3.05, 3.63) is 17.9 Å². The summed E-state index contributed by atoms with van der Waals surface area (Å²) in [7, 11) is -0.507. The van der Waals surface area contributed by atoms with Crippen molar-refractivity contribution in [1.82, 2.24) is 0 Å². The fraction of sp³-hybridized carbons (Fsp3) is 0.667. The highest BCUT2D eigenvalue weighted by Gasteiger charge is 2.53. The fourth-order valence-electron chi connectivity index (χ4n) is 1.68. The molecule has 0 aliphatic carbocycles. The van der Waals surface area contributed by atoms with Crippen LogP contribution in [-0.2, 0) is 9.31 Å². The van der Waals surface area contributed by atoms with Gasteiger partial charge in [-0.2, -0.15) is 0 Å². The average Bonchev–Trinajstić information content (AvgIpc) is 2.70. The summed E-state index contributed by atoms with van der Waals surface area (Å²) in [6, 6.07) is 3.52. The molecule has 5 heteroatoms. The second-order valence-electron chi connectivity index (χ2n) is 5.50. The standard InChI is InChI=1S/C12H19BO4/c1-8(14)9-6-7-10(15-9)13-16-11(2,3)12(4,5)17-13/h6-8,14H,1-5H3/t8-/m0/s1. The van der Waals surface area contributed by atoms with Gasteiger partial charge < -0.3 is 18.8 Å². The van der Waals surface area contributed by atoms with Crippen LogP contribution in [0.15, 0.2) is 16.5 Å². The van der Waals surface area contributed by atoms with E-state index in [4.69, 9.17) is 13.7 Å². The molecule has 1 aromatic rings. The fourth-order valence-corrected chi connectivity index (χ4v) is 1.68. The Hall–Kier alpha value is -0.775. The van der Waals surface area contributed by atoms with Crippen molar-refractivity contribution in [2.24, 2.45) is 0 Å². The van der Waals surface area contributed by atoms with E-state index in [1.807, 2.05) is 27.7 Å². The lowest BCUT2D eigenvalue weighted by atomic mass is 9.86. The van der Waals surface area contributed by atoms with Gasteiger partial charge in [0.05, 0.1) is 11.2 Å². The van der Waals surface area contributed by atoms with E-state index in [-0.39, 0.29) is 11.2 Å². The molecule has 0 unspecified atom stereocenters. The van der Waals surface area contributed by atoms with Gasteiger partial charge in [0.15, 0.2) is 0 Å². The molecule has 1 fully saturated rings.